The van der Waals surface area contributed by atoms with E-state index in [1.165, 1.54) is 45.8 Å². The van der Waals surface area contributed by atoms with Gasteiger partial charge < -0.3 is 9.80 Å². The fourth-order valence-corrected chi connectivity index (χ4v) is 2.36. The molecule has 1 unspecified atom stereocenters. The van der Waals surface area contributed by atoms with E-state index in [4.69, 9.17) is 0 Å². The van der Waals surface area contributed by atoms with Crippen molar-refractivity contribution < 1.29 is 0 Å². The van der Waals surface area contributed by atoms with Crippen LogP contribution in [0.2, 0.25) is 0 Å². The Hall–Kier alpha value is -0.160. The Kier molecular flexibility index (Phi) is 3.61. The lowest BCUT2D eigenvalue weighted by Crippen LogP contribution is -2.60. The molecule has 0 spiro atoms. The number of hydrogen-bond acceptors (Lipinski definition) is 4. The Bertz CT molecular complexity index is 201. The fraction of sp³-hybridized carbons (Fsp3) is 1.00. The maximum atomic E-state index is 2.55. The average Bonchev–Trinajstić information content (AvgIpc) is 2.23. The third-order valence-corrected chi connectivity index (χ3v) is 3.82. The Morgan fingerprint density at radius 2 is 1.40 bits per heavy atom. The van der Waals surface area contributed by atoms with Crippen molar-refractivity contribution >= 4 is 0 Å². The van der Waals surface area contributed by atoms with Gasteiger partial charge in [0, 0.05) is 51.9 Å². The molecular formula is C11H24N4. The summed E-state index contributed by atoms with van der Waals surface area (Å²) in [5.41, 5.74) is 0. The summed E-state index contributed by atoms with van der Waals surface area (Å²) in [7, 11) is 4.44. The summed E-state index contributed by atoms with van der Waals surface area (Å²) in [6.07, 6.45) is 0. The van der Waals surface area contributed by atoms with Crippen LogP contribution in [0.5, 0.6) is 0 Å². The molecule has 2 aliphatic heterocycles. The lowest BCUT2D eigenvalue weighted by atomic mass is 10.2. The third-order valence-electron chi connectivity index (χ3n) is 3.82. The van der Waals surface area contributed by atoms with Crippen LogP contribution in [0.15, 0.2) is 0 Å². The minimum absolute atomic E-state index is 0.693. The quantitative estimate of drug-likeness (QED) is 0.596. The molecule has 0 amide bonds. The molecule has 2 rings (SSSR count). The molecule has 0 aromatic carbocycles. The highest BCUT2D eigenvalue weighted by molar-refractivity contribution is 4.77. The van der Waals surface area contributed by atoms with Crippen molar-refractivity contribution in [2.24, 2.45) is 0 Å². The Labute approximate surface area is 93.4 Å². The van der Waals surface area contributed by atoms with Gasteiger partial charge in [-0.15, -0.1) is 0 Å². The van der Waals surface area contributed by atoms with Crippen LogP contribution < -0.4 is 0 Å². The molecule has 0 aromatic heterocycles. The minimum atomic E-state index is 0.693. The zero-order valence-corrected chi connectivity index (χ0v) is 10.3. The molecule has 4 heteroatoms. The third kappa shape index (κ3) is 2.69. The number of hydrazine groups is 1. The van der Waals surface area contributed by atoms with Crippen molar-refractivity contribution in [2.45, 2.75) is 13.0 Å². The highest BCUT2D eigenvalue weighted by Crippen LogP contribution is 2.11. The molecule has 88 valence electrons. The van der Waals surface area contributed by atoms with Gasteiger partial charge in [0.25, 0.3) is 0 Å². The number of rotatable bonds is 1. The van der Waals surface area contributed by atoms with Gasteiger partial charge in [0.2, 0.25) is 0 Å². The van der Waals surface area contributed by atoms with E-state index in [1.54, 1.807) is 0 Å². The van der Waals surface area contributed by atoms with Crippen LogP contribution >= 0.6 is 0 Å². The van der Waals surface area contributed by atoms with Crippen LogP contribution in [0.3, 0.4) is 0 Å². The van der Waals surface area contributed by atoms with E-state index in [1.807, 2.05) is 0 Å². The summed E-state index contributed by atoms with van der Waals surface area (Å²) in [6, 6.07) is 0.693. The fourth-order valence-electron chi connectivity index (χ4n) is 2.36. The minimum Gasteiger partial charge on any atom is -0.304 e. The largest absolute Gasteiger partial charge is 0.304 e. The first-order valence-electron chi connectivity index (χ1n) is 6.05. The molecule has 1 atom stereocenters. The molecule has 0 radical (unpaired) electrons. The maximum Gasteiger partial charge on any atom is 0.0287 e. The molecule has 0 aliphatic carbocycles. The van der Waals surface area contributed by atoms with Gasteiger partial charge in [-0.2, -0.15) is 0 Å². The summed E-state index contributed by atoms with van der Waals surface area (Å²) in [4.78, 5) is 4.86. The summed E-state index contributed by atoms with van der Waals surface area (Å²) < 4.78 is 0. The molecule has 4 nitrogen and oxygen atoms in total. The standard InChI is InChI=1S/C11H24N4/c1-11-10-15(9-6-13(11)3)14-7-4-12(2)5-8-14/h11H,4-10H2,1-3H3. The number of piperazine rings is 2. The number of likely N-dealkylation sites (N-methyl/N-ethyl adjacent to an activating group) is 2. The second-order valence-electron chi connectivity index (χ2n) is 5.00. The van der Waals surface area contributed by atoms with Crippen LogP contribution in [-0.4, -0.2) is 85.8 Å². The predicted octanol–water partition coefficient (Wildman–Crippen LogP) is -0.215. The maximum absolute atomic E-state index is 2.55. The first kappa shape index (κ1) is 11.3. The van der Waals surface area contributed by atoms with Crippen molar-refractivity contribution in [3.05, 3.63) is 0 Å². The molecule has 2 saturated heterocycles. The predicted molar refractivity (Wildman–Crippen MR) is 62.7 cm³/mol. The molecule has 0 aromatic rings. The van der Waals surface area contributed by atoms with Crippen molar-refractivity contribution in [1.29, 1.82) is 0 Å². The van der Waals surface area contributed by atoms with E-state index in [0.717, 1.165) is 0 Å². The van der Waals surface area contributed by atoms with Crippen LogP contribution in [0, 0.1) is 0 Å². The summed E-state index contributed by atoms with van der Waals surface area (Å²) in [6.45, 7) is 10.7. The van der Waals surface area contributed by atoms with E-state index in [0.29, 0.717) is 6.04 Å². The molecule has 0 saturated carbocycles. The zero-order chi connectivity index (χ0) is 10.8. The van der Waals surface area contributed by atoms with Gasteiger partial charge in [-0.3, -0.25) is 0 Å². The topological polar surface area (TPSA) is 13.0 Å². The SMILES string of the molecule is CC1CN(N2CCN(C)CC2)CCN1C. The first-order valence-corrected chi connectivity index (χ1v) is 6.05. The van der Waals surface area contributed by atoms with Gasteiger partial charge in [-0.1, -0.05) is 0 Å². The van der Waals surface area contributed by atoms with E-state index in [2.05, 4.69) is 40.8 Å². The van der Waals surface area contributed by atoms with E-state index >= 15 is 0 Å². The second-order valence-corrected chi connectivity index (χ2v) is 5.00. The first-order chi connectivity index (χ1) is 7.16. The smallest absolute Gasteiger partial charge is 0.0287 e. The molecule has 2 aliphatic rings. The highest BCUT2D eigenvalue weighted by Gasteiger charge is 2.26. The van der Waals surface area contributed by atoms with Gasteiger partial charge in [-0.05, 0) is 21.0 Å². The Morgan fingerprint density at radius 1 is 0.800 bits per heavy atom. The molecular weight excluding hydrogens is 188 g/mol. The van der Waals surface area contributed by atoms with Crippen LogP contribution in [0.25, 0.3) is 0 Å². The molecule has 0 bridgehead atoms. The van der Waals surface area contributed by atoms with Gasteiger partial charge in [-0.25, -0.2) is 10.0 Å². The number of hydrogen-bond donors (Lipinski definition) is 0. The van der Waals surface area contributed by atoms with Crippen LogP contribution in [0.4, 0.5) is 0 Å². The average molecular weight is 212 g/mol. The Morgan fingerprint density at radius 3 is 2.00 bits per heavy atom. The monoisotopic (exact) mass is 212 g/mol. The van der Waals surface area contributed by atoms with E-state index < -0.39 is 0 Å². The van der Waals surface area contributed by atoms with Crippen LogP contribution in [-0.2, 0) is 0 Å². The zero-order valence-electron chi connectivity index (χ0n) is 10.3. The summed E-state index contributed by atoms with van der Waals surface area (Å²) in [5.74, 6) is 0. The molecule has 2 heterocycles. The van der Waals surface area contributed by atoms with Gasteiger partial charge in [0.05, 0.1) is 0 Å². The highest BCUT2D eigenvalue weighted by atomic mass is 15.6. The van der Waals surface area contributed by atoms with E-state index in [-0.39, 0.29) is 0 Å². The van der Waals surface area contributed by atoms with Gasteiger partial charge in [0.15, 0.2) is 0 Å². The normalized spacial score (nSPS) is 33.4. The Balaban J connectivity index is 1.84. The lowest BCUT2D eigenvalue weighted by Gasteiger charge is -2.45. The number of nitrogens with zero attached hydrogens (tertiary/aromatic N) is 4. The van der Waals surface area contributed by atoms with Gasteiger partial charge >= 0.3 is 0 Å². The summed E-state index contributed by atoms with van der Waals surface area (Å²) in [5, 5.41) is 5.10. The molecule has 2 fully saturated rings. The molecule has 15 heavy (non-hydrogen) atoms. The van der Waals surface area contributed by atoms with Crippen molar-refractivity contribution in [1.82, 2.24) is 19.8 Å². The van der Waals surface area contributed by atoms with E-state index in [9.17, 15) is 0 Å². The summed E-state index contributed by atoms with van der Waals surface area (Å²) >= 11 is 0. The second kappa shape index (κ2) is 4.78. The van der Waals surface area contributed by atoms with Crippen molar-refractivity contribution in [3.8, 4) is 0 Å². The lowest BCUT2D eigenvalue weighted by molar-refractivity contribution is -0.0884. The van der Waals surface area contributed by atoms with Gasteiger partial charge in [0.1, 0.15) is 0 Å². The van der Waals surface area contributed by atoms with Crippen LogP contribution in [0.1, 0.15) is 6.92 Å². The van der Waals surface area contributed by atoms with Crippen molar-refractivity contribution in [3.63, 3.8) is 0 Å². The van der Waals surface area contributed by atoms with Crippen molar-refractivity contribution in [2.75, 3.05) is 59.9 Å². The molecule has 0 N–H and O–H groups in total.